The first-order valence-electron chi connectivity index (χ1n) is 6.95. The summed E-state index contributed by atoms with van der Waals surface area (Å²) in [4.78, 5) is 0.101. The van der Waals surface area contributed by atoms with Gasteiger partial charge < -0.3 is 4.74 Å². The van der Waals surface area contributed by atoms with Gasteiger partial charge in [0.1, 0.15) is 4.90 Å². The third-order valence-corrected chi connectivity index (χ3v) is 7.13. The fourth-order valence-electron chi connectivity index (χ4n) is 3.46. The van der Waals surface area contributed by atoms with E-state index in [2.05, 4.69) is 0 Å². The molecule has 0 saturated carbocycles. The van der Waals surface area contributed by atoms with Crippen molar-refractivity contribution in [3.05, 3.63) is 28.2 Å². The Hall–Kier alpha value is -0.330. The summed E-state index contributed by atoms with van der Waals surface area (Å²) >= 11 is 12.0. The number of benzene rings is 1. The van der Waals surface area contributed by atoms with E-state index in [1.807, 2.05) is 0 Å². The predicted molar refractivity (Wildman–Crippen MR) is 82.3 cm³/mol. The molecule has 2 atom stereocenters. The number of hydrogen-bond acceptors (Lipinski definition) is 3. The molecule has 0 aromatic heterocycles. The van der Waals surface area contributed by atoms with E-state index in [1.54, 1.807) is 17.5 Å². The van der Waals surface area contributed by atoms with Crippen LogP contribution in [0.2, 0.25) is 10.0 Å². The van der Waals surface area contributed by atoms with E-state index in [0.717, 1.165) is 25.7 Å². The van der Waals surface area contributed by atoms with Gasteiger partial charge in [0.25, 0.3) is 0 Å². The molecule has 116 valence electrons. The van der Waals surface area contributed by atoms with Gasteiger partial charge in [-0.25, -0.2) is 8.42 Å². The highest BCUT2D eigenvalue weighted by atomic mass is 35.5. The van der Waals surface area contributed by atoms with Crippen LogP contribution in [0.5, 0.6) is 0 Å². The average Bonchev–Trinajstić information content (AvgIpc) is 2.73. The van der Waals surface area contributed by atoms with Crippen LogP contribution >= 0.6 is 23.2 Å². The minimum absolute atomic E-state index is 0.00579. The third-order valence-electron chi connectivity index (χ3n) is 4.40. The second kappa shape index (κ2) is 5.70. The maximum Gasteiger partial charge on any atom is 0.245 e. The van der Waals surface area contributed by atoms with Crippen LogP contribution in [0.1, 0.15) is 25.7 Å². The summed E-state index contributed by atoms with van der Waals surface area (Å²) in [5.41, 5.74) is 0. The standard InChI is InChI=1S/C14H17Cl2NO3S/c1-20-12-7-10-3-4-11(8-12)17(10)21(18,19)14-6-9(15)2-5-13(14)16/h2,5-6,10-12H,3-4,7-8H2,1H3. The van der Waals surface area contributed by atoms with Crippen LogP contribution < -0.4 is 0 Å². The largest absolute Gasteiger partial charge is 0.381 e. The molecule has 0 aliphatic carbocycles. The van der Waals surface area contributed by atoms with Crippen LogP contribution in [-0.4, -0.2) is 38.0 Å². The number of hydrogen-bond donors (Lipinski definition) is 0. The van der Waals surface area contributed by atoms with Crippen molar-refractivity contribution < 1.29 is 13.2 Å². The predicted octanol–water partition coefficient (Wildman–Crippen LogP) is 3.32. The fourth-order valence-corrected chi connectivity index (χ4v) is 6.09. The zero-order valence-corrected chi connectivity index (χ0v) is 14.0. The molecule has 21 heavy (non-hydrogen) atoms. The molecule has 0 N–H and O–H groups in total. The normalized spacial score (nSPS) is 29.8. The number of ether oxygens (including phenoxy) is 1. The summed E-state index contributed by atoms with van der Waals surface area (Å²) in [5.74, 6) is 0. The maximum atomic E-state index is 13.0. The first-order chi connectivity index (χ1) is 9.93. The molecular formula is C14H17Cl2NO3S. The first kappa shape index (κ1) is 15.6. The zero-order chi connectivity index (χ0) is 15.2. The van der Waals surface area contributed by atoms with Crippen LogP contribution in [0.4, 0.5) is 0 Å². The van der Waals surface area contributed by atoms with E-state index < -0.39 is 10.0 Å². The lowest BCUT2D eigenvalue weighted by Gasteiger charge is -2.37. The minimum Gasteiger partial charge on any atom is -0.381 e. The summed E-state index contributed by atoms with van der Waals surface area (Å²) < 4.78 is 33.0. The highest BCUT2D eigenvalue weighted by Gasteiger charge is 2.47. The van der Waals surface area contributed by atoms with E-state index in [0.29, 0.717) is 5.02 Å². The molecule has 2 fully saturated rings. The summed E-state index contributed by atoms with van der Waals surface area (Å²) in [6.45, 7) is 0. The van der Waals surface area contributed by atoms with Crippen LogP contribution in [0, 0.1) is 0 Å². The van der Waals surface area contributed by atoms with Gasteiger partial charge in [-0.2, -0.15) is 4.31 Å². The Bertz CT molecular complexity index is 636. The Kier molecular flexibility index (Phi) is 4.23. The van der Waals surface area contributed by atoms with Gasteiger partial charge in [-0.1, -0.05) is 23.2 Å². The smallest absolute Gasteiger partial charge is 0.245 e. The van der Waals surface area contributed by atoms with Gasteiger partial charge in [0, 0.05) is 24.2 Å². The summed E-state index contributed by atoms with van der Waals surface area (Å²) in [5, 5.41) is 0.588. The van der Waals surface area contributed by atoms with Crippen molar-refractivity contribution in [1.82, 2.24) is 4.31 Å². The SMILES string of the molecule is COC1CC2CCC(C1)N2S(=O)(=O)c1cc(Cl)ccc1Cl. The molecule has 7 heteroatoms. The van der Waals surface area contributed by atoms with Crippen LogP contribution in [0.3, 0.4) is 0 Å². The molecule has 0 radical (unpaired) electrons. The second-order valence-electron chi connectivity index (χ2n) is 5.62. The van der Waals surface area contributed by atoms with Crippen LogP contribution in [0.25, 0.3) is 0 Å². The number of piperidine rings is 1. The highest BCUT2D eigenvalue weighted by Crippen LogP contribution is 2.41. The van der Waals surface area contributed by atoms with Gasteiger partial charge in [0.15, 0.2) is 0 Å². The Labute approximate surface area is 135 Å². The van der Waals surface area contributed by atoms with Crippen molar-refractivity contribution in [3.8, 4) is 0 Å². The number of sulfonamides is 1. The molecule has 3 rings (SSSR count). The average molecular weight is 350 g/mol. The number of halogens is 2. The van der Waals surface area contributed by atoms with Crippen molar-refractivity contribution in [1.29, 1.82) is 0 Å². The lowest BCUT2D eigenvalue weighted by Crippen LogP contribution is -2.48. The fraction of sp³-hybridized carbons (Fsp3) is 0.571. The lowest BCUT2D eigenvalue weighted by atomic mass is 10.0. The van der Waals surface area contributed by atoms with Crippen molar-refractivity contribution in [3.63, 3.8) is 0 Å². The second-order valence-corrected chi connectivity index (χ2v) is 8.28. The van der Waals surface area contributed by atoms with E-state index in [4.69, 9.17) is 27.9 Å². The third kappa shape index (κ3) is 2.70. The van der Waals surface area contributed by atoms with E-state index in [1.165, 1.54) is 12.1 Å². The monoisotopic (exact) mass is 349 g/mol. The Morgan fingerprint density at radius 3 is 2.38 bits per heavy atom. The Morgan fingerprint density at radius 2 is 1.81 bits per heavy atom. The van der Waals surface area contributed by atoms with Gasteiger partial charge in [-0.3, -0.25) is 0 Å². The molecule has 2 heterocycles. The Balaban J connectivity index is 1.98. The molecule has 2 aliphatic rings. The van der Waals surface area contributed by atoms with Crippen molar-refractivity contribution in [2.24, 2.45) is 0 Å². The molecule has 2 saturated heterocycles. The molecule has 2 unspecified atom stereocenters. The first-order valence-corrected chi connectivity index (χ1v) is 9.14. The summed E-state index contributed by atoms with van der Waals surface area (Å²) in [7, 11) is -1.94. The van der Waals surface area contributed by atoms with Gasteiger partial charge in [0.05, 0.1) is 11.1 Å². The van der Waals surface area contributed by atoms with Crippen molar-refractivity contribution in [2.75, 3.05) is 7.11 Å². The molecule has 2 aliphatic heterocycles. The Morgan fingerprint density at radius 1 is 1.19 bits per heavy atom. The molecule has 1 aromatic rings. The molecule has 0 amide bonds. The van der Waals surface area contributed by atoms with Crippen molar-refractivity contribution in [2.45, 2.75) is 48.8 Å². The van der Waals surface area contributed by atoms with Gasteiger partial charge in [-0.05, 0) is 43.9 Å². The van der Waals surface area contributed by atoms with Gasteiger partial charge in [-0.15, -0.1) is 0 Å². The van der Waals surface area contributed by atoms with Crippen molar-refractivity contribution >= 4 is 33.2 Å². The quantitative estimate of drug-likeness (QED) is 0.840. The zero-order valence-electron chi connectivity index (χ0n) is 11.6. The van der Waals surface area contributed by atoms with E-state index in [9.17, 15) is 8.42 Å². The summed E-state index contributed by atoms with van der Waals surface area (Å²) in [6.07, 6.45) is 3.38. The minimum atomic E-state index is -3.62. The van der Waals surface area contributed by atoms with E-state index >= 15 is 0 Å². The number of fused-ring (bicyclic) bond motifs is 2. The molecule has 2 bridgehead atoms. The number of methoxy groups -OCH3 is 1. The summed E-state index contributed by atoms with van der Waals surface area (Å²) in [6, 6.07) is 4.54. The van der Waals surface area contributed by atoms with Crippen LogP contribution in [-0.2, 0) is 14.8 Å². The highest BCUT2D eigenvalue weighted by molar-refractivity contribution is 7.89. The number of rotatable bonds is 3. The van der Waals surface area contributed by atoms with Crippen LogP contribution in [0.15, 0.2) is 23.1 Å². The molecule has 1 aromatic carbocycles. The van der Waals surface area contributed by atoms with Gasteiger partial charge >= 0.3 is 0 Å². The topological polar surface area (TPSA) is 46.6 Å². The number of nitrogens with zero attached hydrogens (tertiary/aromatic N) is 1. The molecule has 4 nitrogen and oxygen atoms in total. The maximum absolute atomic E-state index is 13.0. The van der Waals surface area contributed by atoms with E-state index in [-0.39, 0.29) is 28.1 Å². The van der Waals surface area contributed by atoms with Gasteiger partial charge in [0.2, 0.25) is 10.0 Å². The lowest BCUT2D eigenvalue weighted by molar-refractivity contribution is 0.0349. The molecule has 0 spiro atoms. The molecular weight excluding hydrogens is 333 g/mol.